The van der Waals surface area contributed by atoms with Gasteiger partial charge in [-0.15, -0.1) is 11.3 Å². The summed E-state index contributed by atoms with van der Waals surface area (Å²) in [6.07, 6.45) is 1.76. The molecule has 0 aliphatic carbocycles. The van der Waals surface area contributed by atoms with Gasteiger partial charge in [0.05, 0.1) is 17.5 Å². The number of furan rings is 1. The van der Waals surface area contributed by atoms with E-state index in [-0.39, 0.29) is 11.2 Å². The van der Waals surface area contributed by atoms with Gasteiger partial charge in [0.15, 0.2) is 0 Å². The summed E-state index contributed by atoms with van der Waals surface area (Å²) in [5, 5.41) is 2.05. The number of rotatable bonds is 2. The van der Waals surface area contributed by atoms with Gasteiger partial charge in [-0.2, -0.15) is 0 Å². The first-order chi connectivity index (χ1) is 8.89. The van der Waals surface area contributed by atoms with E-state index in [4.69, 9.17) is 13.7 Å². The van der Waals surface area contributed by atoms with Gasteiger partial charge in [-0.25, -0.2) is 0 Å². The molecule has 0 atom stereocenters. The van der Waals surface area contributed by atoms with Gasteiger partial charge in [0.25, 0.3) is 0 Å². The van der Waals surface area contributed by atoms with E-state index in [0.717, 1.165) is 11.2 Å². The zero-order chi connectivity index (χ0) is 13.7. The average molecular weight is 276 g/mol. The van der Waals surface area contributed by atoms with Crippen LogP contribution in [0, 0.1) is 0 Å². The highest BCUT2D eigenvalue weighted by atomic mass is 32.1. The zero-order valence-electron chi connectivity index (χ0n) is 11.6. The number of thiophene rings is 1. The summed E-state index contributed by atoms with van der Waals surface area (Å²) in [5.41, 5.74) is 1.11. The lowest BCUT2D eigenvalue weighted by Crippen LogP contribution is -2.41. The van der Waals surface area contributed by atoms with Crippen LogP contribution in [0.25, 0.3) is 10.4 Å². The van der Waals surface area contributed by atoms with Crippen molar-refractivity contribution in [2.24, 2.45) is 0 Å². The molecule has 1 aliphatic heterocycles. The van der Waals surface area contributed by atoms with Crippen LogP contribution in [0.15, 0.2) is 34.3 Å². The van der Waals surface area contributed by atoms with Crippen LogP contribution in [0.3, 0.4) is 0 Å². The van der Waals surface area contributed by atoms with Crippen molar-refractivity contribution in [2.45, 2.75) is 38.9 Å². The van der Waals surface area contributed by atoms with Crippen molar-refractivity contribution in [3.8, 4) is 10.4 Å². The number of hydrogen-bond acceptors (Lipinski definition) is 4. The van der Waals surface area contributed by atoms with Crippen LogP contribution in [-0.4, -0.2) is 18.3 Å². The van der Waals surface area contributed by atoms with Gasteiger partial charge in [-0.05, 0) is 45.2 Å². The van der Waals surface area contributed by atoms with Crippen LogP contribution in [0.1, 0.15) is 27.7 Å². The molecule has 0 unspecified atom stereocenters. The molecule has 0 spiro atoms. The standard InChI is InChI=1S/C14H17BO3S/c1-13(2)14(3,4)18-15(17-13)12-8-10(9-16-12)11-6-5-7-19-11/h5-9H,1-4H3. The van der Waals surface area contributed by atoms with E-state index in [1.807, 2.05) is 39.8 Å². The Kier molecular flexibility index (Phi) is 2.89. The van der Waals surface area contributed by atoms with Crippen LogP contribution >= 0.6 is 11.3 Å². The molecule has 0 N–H and O–H groups in total. The van der Waals surface area contributed by atoms with Crippen molar-refractivity contribution < 1.29 is 13.7 Å². The van der Waals surface area contributed by atoms with E-state index in [0.29, 0.717) is 0 Å². The van der Waals surface area contributed by atoms with Gasteiger partial charge in [-0.3, -0.25) is 0 Å². The van der Waals surface area contributed by atoms with Crippen LogP contribution in [0.5, 0.6) is 0 Å². The van der Waals surface area contributed by atoms with Gasteiger partial charge in [-0.1, -0.05) is 6.07 Å². The molecule has 0 saturated carbocycles. The lowest BCUT2D eigenvalue weighted by atomic mass is 9.86. The summed E-state index contributed by atoms with van der Waals surface area (Å²) in [4.78, 5) is 1.19. The fourth-order valence-electron chi connectivity index (χ4n) is 2.01. The lowest BCUT2D eigenvalue weighted by Gasteiger charge is -2.32. The van der Waals surface area contributed by atoms with Crippen LogP contribution in [-0.2, 0) is 9.31 Å². The van der Waals surface area contributed by atoms with Crippen molar-refractivity contribution in [1.29, 1.82) is 0 Å². The molecule has 0 aromatic carbocycles. The molecule has 100 valence electrons. The summed E-state index contributed by atoms with van der Waals surface area (Å²) in [6.45, 7) is 8.15. The average Bonchev–Trinajstić information content (AvgIpc) is 3.00. The van der Waals surface area contributed by atoms with Crippen LogP contribution in [0.2, 0.25) is 0 Å². The molecular weight excluding hydrogens is 259 g/mol. The summed E-state index contributed by atoms with van der Waals surface area (Å²) in [7, 11) is -0.432. The first-order valence-electron chi connectivity index (χ1n) is 6.37. The molecule has 1 aliphatic rings. The Morgan fingerprint density at radius 2 is 1.79 bits per heavy atom. The molecule has 1 fully saturated rings. The maximum atomic E-state index is 5.97. The lowest BCUT2D eigenvalue weighted by molar-refractivity contribution is 0.00578. The molecule has 2 aromatic rings. The maximum Gasteiger partial charge on any atom is 0.532 e. The normalized spacial score (nSPS) is 20.9. The summed E-state index contributed by atoms with van der Waals surface area (Å²) in [5.74, 6) is 0. The van der Waals surface area contributed by atoms with Crippen molar-refractivity contribution in [3.05, 3.63) is 29.8 Å². The van der Waals surface area contributed by atoms with Gasteiger partial charge in [0.2, 0.25) is 0 Å². The van der Waals surface area contributed by atoms with Crippen molar-refractivity contribution in [2.75, 3.05) is 0 Å². The van der Waals surface area contributed by atoms with Gasteiger partial charge in [0.1, 0.15) is 5.66 Å². The Morgan fingerprint density at radius 3 is 2.37 bits per heavy atom. The Hall–Kier alpha value is -1.04. The quantitative estimate of drug-likeness (QED) is 0.789. The molecular formula is C14H17BO3S. The molecule has 19 heavy (non-hydrogen) atoms. The predicted octanol–water partition coefficient (Wildman–Crippen LogP) is 3.31. The Balaban J connectivity index is 1.85. The Labute approximate surface area is 117 Å². The third kappa shape index (κ3) is 2.16. The zero-order valence-corrected chi connectivity index (χ0v) is 12.4. The van der Waals surface area contributed by atoms with Crippen molar-refractivity contribution >= 4 is 24.1 Å². The molecule has 3 heterocycles. The molecule has 3 nitrogen and oxygen atoms in total. The monoisotopic (exact) mass is 276 g/mol. The smallest absolute Gasteiger partial charge is 0.472 e. The fourth-order valence-corrected chi connectivity index (χ4v) is 2.71. The third-order valence-electron chi connectivity index (χ3n) is 3.91. The van der Waals surface area contributed by atoms with E-state index in [2.05, 4.69) is 11.4 Å². The molecule has 2 aromatic heterocycles. The molecule has 5 heteroatoms. The molecule has 0 amide bonds. The highest BCUT2D eigenvalue weighted by molar-refractivity contribution is 7.13. The van der Waals surface area contributed by atoms with Crippen LogP contribution in [0.4, 0.5) is 0 Å². The fraction of sp³-hybridized carbons (Fsp3) is 0.429. The minimum Gasteiger partial charge on any atom is -0.472 e. The molecule has 0 radical (unpaired) electrons. The SMILES string of the molecule is CC1(C)OB(c2cc(-c3cccs3)co2)OC1(C)C. The highest BCUT2D eigenvalue weighted by Crippen LogP contribution is 2.37. The minimum absolute atomic E-state index is 0.340. The summed E-state index contributed by atoms with van der Waals surface area (Å²) >= 11 is 1.69. The first kappa shape index (κ1) is 13.0. The third-order valence-corrected chi connectivity index (χ3v) is 4.83. The first-order valence-corrected chi connectivity index (χ1v) is 7.25. The maximum absolute atomic E-state index is 5.97. The van der Waals surface area contributed by atoms with E-state index in [9.17, 15) is 0 Å². The highest BCUT2D eigenvalue weighted by Gasteiger charge is 2.53. The summed E-state index contributed by atoms with van der Waals surface area (Å²) < 4.78 is 17.6. The van der Waals surface area contributed by atoms with E-state index >= 15 is 0 Å². The Morgan fingerprint density at radius 1 is 1.11 bits per heavy atom. The second-order valence-electron chi connectivity index (χ2n) is 5.80. The van der Waals surface area contributed by atoms with Crippen LogP contribution < -0.4 is 5.66 Å². The van der Waals surface area contributed by atoms with Crippen molar-refractivity contribution in [1.82, 2.24) is 0 Å². The van der Waals surface area contributed by atoms with Crippen molar-refractivity contribution in [3.63, 3.8) is 0 Å². The predicted molar refractivity (Wildman–Crippen MR) is 77.7 cm³/mol. The topological polar surface area (TPSA) is 31.6 Å². The number of hydrogen-bond donors (Lipinski definition) is 0. The molecule has 0 bridgehead atoms. The summed E-state index contributed by atoms with van der Waals surface area (Å²) in [6, 6.07) is 6.10. The second kappa shape index (κ2) is 4.23. The Bertz CT molecular complexity index is 555. The van der Waals surface area contributed by atoms with Gasteiger partial charge >= 0.3 is 7.12 Å². The molecule has 3 rings (SSSR count). The van der Waals surface area contributed by atoms with Gasteiger partial charge < -0.3 is 13.7 Å². The second-order valence-corrected chi connectivity index (χ2v) is 6.75. The van der Waals surface area contributed by atoms with E-state index < -0.39 is 7.12 Å². The van der Waals surface area contributed by atoms with E-state index in [1.165, 1.54) is 4.88 Å². The molecule has 1 saturated heterocycles. The van der Waals surface area contributed by atoms with Gasteiger partial charge in [0, 0.05) is 10.4 Å². The minimum atomic E-state index is -0.432. The van der Waals surface area contributed by atoms with E-state index in [1.54, 1.807) is 17.6 Å². The largest absolute Gasteiger partial charge is 0.532 e.